The zero-order valence-corrected chi connectivity index (χ0v) is 8.37. The van der Waals surface area contributed by atoms with Crippen LogP contribution < -0.4 is 0 Å². The molecule has 0 N–H and O–H groups in total. The van der Waals surface area contributed by atoms with Crippen molar-refractivity contribution in [3.63, 3.8) is 0 Å². The number of aldehydes is 1. The van der Waals surface area contributed by atoms with Gasteiger partial charge >= 0.3 is 5.97 Å². The standard InChI is InChI=1S/C8H6BrNO3/c1-13-8(12)7-2-6(9)5(4-11)3-10-7/h2-4H,1H3. The highest BCUT2D eigenvalue weighted by molar-refractivity contribution is 9.10. The van der Waals surface area contributed by atoms with E-state index >= 15 is 0 Å². The molecular weight excluding hydrogens is 238 g/mol. The Balaban J connectivity index is 3.09. The molecule has 0 saturated carbocycles. The van der Waals surface area contributed by atoms with Gasteiger partial charge in [-0.3, -0.25) is 4.79 Å². The number of nitrogens with zero attached hydrogens (tertiary/aromatic N) is 1. The van der Waals surface area contributed by atoms with Gasteiger partial charge in [-0.1, -0.05) is 0 Å². The van der Waals surface area contributed by atoms with E-state index in [2.05, 4.69) is 25.7 Å². The summed E-state index contributed by atoms with van der Waals surface area (Å²) in [5.41, 5.74) is 0.563. The molecule has 0 spiro atoms. The number of carbonyl (C=O) groups is 2. The van der Waals surface area contributed by atoms with Gasteiger partial charge in [0.2, 0.25) is 0 Å². The third kappa shape index (κ3) is 2.12. The highest BCUT2D eigenvalue weighted by atomic mass is 79.9. The minimum atomic E-state index is -0.529. The van der Waals surface area contributed by atoms with Crippen molar-refractivity contribution in [2.45, 2.75) is 0 Å². The van der Waals surface area contributed by atoms with Crippen molar-refractivity contribution in [3.05, 3.63) is 28.0 Å². The Labute approximate surface area is 83.1 Å². The predicted octanol–water partition coefficient (Wildman–Crippen LogP) is 1.44. The van der Waals surface area contributed by atoms with Crippen LogP contribution in [0, 0.1) is 0 Å². The molecule has 0 radical (unpaired) electrons. The monoisotopic (exact) mass is 243 g/mol. The van der Waals surface area contributed by atoms with Crippen LogP contribution in [-0.4, -0.2) is 24.3 Å². The van der Waals surface area contributed by atoms with Gasteiger partial charge in [0.25, 0.3) is 0 Å². The quantitative estimate of drug-likeness (QED) is 0.583. The van der Waals surface area contributed by atoms with Crippen molar-refractivity contribution >= 4 is 28.2 Å². The van der Waals surface area contributed by atoms with Crippen molar-refractivity contribution in [1.82, 2.24) is 4.98 Å². The number of aromatic nitrogens is 1. The third-order valence-corrected chi connectivity index (χ3v) is 2.09. The Kier molecular flexibility index (Phi) is 3.13. The first-order valence-electron chi connectivity index (χ1n) is 3.38. The highest BCUT2D eigenvalue weighted by Crippen LogP contribution is 2.15. The van der Waals surface area contributed by atoms with Gasteiger partial charge in [-0.05, 0) is 22.0 Å². The summed E-state index contributed by atoms with van der Waals surface area (Å²) in [5, 5.41) is 0. The molecule has 0 aliphatic carbocycles. The molecule has 4 nitrogen and oxygen atoms in total. The van der Waals surface area contributed by atoms with Gasteiger partial charge in [-0.15, -0.1) is 0 Å². The number of methoxy groups -OCH3 is 1. The maximum atomic E-state index is 11.0. The SMILES string of the molecule is COC(=O)c1cc(Br)c(C=O)cn1. The van der Waals surface area contributed by atoms with E-state index in [-0.39, 0.29) is 5.69 Å². The topological polar surface area (TPSA) is 56.3 Å². The van der Waals surface area contributed by atoms with Crippen LogP contribution in [0.4, 0.5) is 0 Å². The molecule has 1 heterocycles. The summed E-state index contributed by atoms with van der Waals surface area (Å²) in [7, 11) is 1.27. The van der Waals surface area contributed by atoms with Gasteiger partial charge in [0, 0.05) is 16.2 Å². The van der Waals surface area contributed by atoms with Crippen molar-refractivity contribution in [2.75, 3.05) is 7.11 Å². The van der Waals surface area contributed by atoms with Crippen molar-refractivity contribution in [1.29, 1.82) is 0 Å². The minimum Gasteiger partial charge on any atom is -0.464 e. The molecule has 1 aromatic rings. The second-order valence-electron chi connectivity index (χ2n) is 2.20. The number of halogens is 1. The van der Waals surface area contributed by atoms with E-state index in [1.165, 1.54) is 19.4 Å². The van der Waals surface area contributed by atoms with E-state index in [4.69, 9.17) is 0 Å². The fourth-order valence-corrected chi connectivity index (χ4v) is 1.16. The van der Waals surface area contributed by atoms with E-state index in [1.807, 2.05) is 0 Å². The largest absolute Gasteiger partial charge is 0.464 e. The van der Waals surface area contributed by atoms with Gasteiger partial charge in [0.15, 0.2) is 6.29 Å². The van der Waals surface area contributed by atoms with Crippen LogP contribution in [0.1, 0.15) is 20.8 Å². The van der Waals surface area contributed by atoms with E-state index in [0.717, 1.165) is 0 Å². The molecule has 0 aromatic carbocycles. The highest BCUT2D eigenvalue weighted by Gasteiger charge is 2.09. The molecule has 1 aromatic heterocycles. The molecule has 0 saturated heterocycles. The van der Waals surface area contributed by atoms with Crippen LogP contribution >= 0.6 is 15.9 Å². The smallest absolute Gasteiger partial charge is 0.356 e. The van der Waals surface area contributed by atoms with Crippen LogP contribution in [0.15, 0.2) is 16.7 Å². The van der Waals surface area contributed by atoms with E-state index < -0.39 is 5.97 Å². The number of carbonyl (C=O) groups excluding carboxylic acids is 2. The van der Waals surface area contributed by atoms with Gasteiger partial charge in [0.1, 0.15) is 5.69 Å². The average molecular weight is 244 g/mol. The number of hydrogen-bond donors (Lipinski definition) is 0. The van der Waals surface area contributed by atoms with Crippen LogP contribution in [0.3, 0.4) is 0 Å². The third-order valence-electron chi connectivity index (χ3n) is 1.40. The van der Waals surface area contributed by atoms with Crippen molar-refractivity contribution in [2.24, 2.45) is 0 Å². The molecule has 0 bridgehead atoms. The van der Waals surface area contributed by atoms with Gasteiger partial charge < -0.3 is 4.74 Å². The summed E-state index contributed by atoms with van der Waals surface area (Å²) in [4.78, 5) is 25.1. The maximum absolute atomic E-state index is 11.0. The summed E-state index contributed by atoms with van der Waals surface area (Å²) in [5.74, 6) is -0.529. The van der Waals surface area contributed by atoms with E-state index in [1.54, 1.807) is 0 Å². The number of hydrogen-bond acceptors (Lipinski definition) is 4. The second kappa shape index (κ2) is 4.13. The predicted molar refractivity (Wildman–Crippen MR) is 48.7 cm³/mol. The lowest BCUT2D eigenvalue weighted by molar-refractivity contribution is 0.0593. The Hall–Kier alpha value is -1.23. The van der Waals surface area contributed by atoms with E-state index in [9.17, 15) is 9.59 Å². The molecule has 0 fully saturated rings. The first-order valence-corrected chi connectivity index (χ1v) is 4.17. The Bertz CT molecular complexity index is 351. The molecule has 68 valence electrons. The lowest BCUT2D eigenvalue weighted by atomic mass is 10.3. The maximum Gasteiger partial charge on any atom is 0.356 e. The minimum absolute atomic E-state index is 0.167. The van der Waals surface area contributed by atoms with Crippen LogP contribution in [0.2, 0.25) is 0 Å². The fourth-order valence-electron chi connectivity index (χ4n) is 0.744. The Morgan fingerprint density at radius 3 is 2.85 bits per heavy atom. The van der Waals surface area contributed by atoms with Crippen LogP contribution in [0.5, 0.6) is 0 Å². The van der Waals surface area contributed by atoms with Crippen molar-refractivity contribution in [3.8, 4) is 0 Å². The number of ether oxygens (including phenoxy) is 1. The van der Waals surface area contributed by atoms with E-state index in [0.29, 0.717) is 16.3 Å². The number of pyridine rings is 1. The molecule has 0 atom stereocenters. The molecular formula is C8H6BrNO3. The number of rotatable bonds is 2. The van der Waals surface area contributed by atoms with Crippen molar-refractivity contribution < 1.29 is 14.3 Å². The summed E-state index contributed by atoms with van der Waals surface area (Å²) < 4.78 is 4.98. The lowest BCUT2D eigenvalue weighted by Gasteiger charge is -1.99. The molecule has 13 heavy (non-hydrogen) atoms. The second-order valence-corrected chi connectivity index (χ2v) is 3.05. The molecule has 1 rings (SSSR count). The van der Waals surface area contributed by atoms with Crippen LogP contribution in [-0.2, 0) is 4.74 Å². The lowest BCUT2D eigenvalue weighted by Crippen LogP contribution is -2.04. The first-order chi connectivity index (χ1) is 6.19. The zero-order valence-electron chi connectivity index (χ0n) is 6.78. The summed E-state index contributed by atoms with van der Waals surface area (Å²) in [6.45, 7) is 0. The Morgan fingerprint density at radius 1 is 1.69 bits per heavy atom. The van der Waals surface area contributed by atoms with Gasteiger partial charge in [-0.2, -0.15) is 0 Å². The Morgan fingerprint density at radius 2 is 2.38 bits per heavy atom. The number of esters is 1. The fraction of sp³-hybridized carbons (Fsp3) is 0.125. The summed E-state index contributed by atoms with van der Waals surface area (Å²) in [6, 6.07) is 1.44. The molecule has 5 heteroatoms. The molecule has 0 amide bonds. The van der Waals surface area contributed by atoms with Gasteiger partial charge in [-0.25, -0.2) is 9.78 Å². The zero-order chi connectivity index (χ0) is 9.84. The normalized spacial score (nSPS) is 9.38. The molecule has 0 unspecified atom stereocenters. The molecule has 0 aliphatic rings. The van der Waals surface area contributed by atoms with Gasteiger partial charge in [0.05, 0.1) is 7.11 Å². The van der Waals surface area contributed by atoms with Crippen LogP contribution in [0.25, 0.3) is 0 Å². The average Bonchev–Trinajstić information content (AvgIpc) is 2.16. The summed E-state index contributed by atoms with van der Waals surface area (Å²) >= 11 is 3.13. The molecule has 0 aliphatic heterocycles. The first kappa shape index (κ1) is 9.85. The summed E-state index contributed by atoms with van der Waals surface area (Å²) in [6.07, 6.45) is 1.96.